The molecule has 0 saturated carbocycles. The van der Waals surface area contributed by atoms with Crippen LogP contribution in [-0.4, -0.2) is 23.0 Å². The van der Waals surface area contributed by atoms with E-state index in [0.29, 0.717) is 16.5 Å². The number of esters is 1. The first-order chi connectivity index (χ1) is 12.8. The van der Waals surface area contributed by atoms with E-state index in [4.69, 9.17) is 16.3 Å². The molecule has 27 heavy (non-hydrogen) atoms. The SMILES string of the molecule is Cc1ccc(NC(=O)[C@H](C)OC(=O)c2cc(Cl)nc3ccccc23)cc1F. The molecule has 1 atom stereocenters. The van der Waals surface area contributed by atoms with Crippen molar-refractivity contribution in [3.05, 3.63) is 70.6 Å². The Bertz CT molecular complexity index is 1040. The molecular formula is C20H16ClFN2O3. The number of amides is 1. The first-order valence-corrected chi connectivity index (χ1v) is 8.56. The van der Waals surface area contributed by atoms with Crippen molar-refractivity contribution in [1.29, 1.82) is 0 Å². The zero-order valence-corrected chi connectivity index (χ0v) is 15.4. The van der Waals surface area contributed by atoms with E-state index in [9.17, 15) is 14.0 Å². The normalized spacial score (nSPS) is 11.9. The van der Waals surface area contributed by atoms with Crippen molar-refractivity contribution in [2.75, 3.05) is 5.32 Å². The van der Waals surface area contributed by atoms with Crippen LogP contribution in [0.4, 0.5) is 10.1 Å². The Kier molecular flexibility index (Phi) is 5.37. The van der Waals surface area contributed by atoms with Gasteiger partial charge in [0.25, 0.3) is 5.91 Å². The lowest BCUT2D eigenvalue weighted by molar-refractivity contribution is -0.123. The van der Waals surface area contributed by atoms with Crippen molar-refractivity contribution in [2.45, 2.75) is 20.0 Å². The number of anilines is 1. The topological polar surface area (TPSA) is 68.3 Å². The fourth-order valence-corrected chi connectivity index (χ4v) is 2.70. The Labute approximate surface area is 160 Å². The molecule has 0 spiro atoms. The molecule has 0 radical (unpaired) electrons. The average Bonchev–Trinajstić information content (AvgIpc) is 2.63. The molecular weight excluding hydrogens is 371 g/mol. The summed E-state index contributed by atoms with van der Waals surface area (Å²) in [4.78, 5) is 28.9. The van der Waals surface area contributed by atoms with E-state index in [1.54, 1.807) is 43.3 Å². The third kappa shape index (κ3) is 4.23. The molecule has 0 saturated heterocycles. The Balaban J connectivity index is 1.75. The van der Waals surface area contributed by atoms with Crippen LogP contribution in [0.2, 0.25) is 5.15 Å². The zero-order chi connectivity index (χ0) is 19.6. The minimum Gasteiger partial charge on any atom is -0.449 e. The highest BCUT2D eigenvalue weighted by atomic mass is 35.5. The minimum atomic E-state index is -1.09. The summed E-state index contributed by atoms with van der Waals surface area (Å²) in [6, 6.07) is 12.7. The third-order valence-electron chi connectivity index (χ3n) is 4.00. The number of rotatable bonds is 4. The summed E-state index contributed by atoms with van der Waals surface area (Å²) in [7, 11) is 0. The first-order valence-electron chi connectivity index (χ1n) is 8.18. The number of nitrogens with one attached hydrogen (secondary N) is 1. The van der Waals surface area contributed by atoms with E-state index in [2.05, 4.69) is 10.3 Å². The number of hydrogen-bond acceptors (Lipinski definition) is 4. The third-order valence-corrected chi connectivity index (χ3v) is 4.19. The van der Waals surface area contributed by atoms with Gasteiger partial charge in [-0.1, -0.05) is 35.9 Å². The number of carbonyl (C=O) groups is 2. The minimum absolute atomic E-state index is 0.146. The molecule has 1 amide bonds. The summed E-state index contributed by atoms with van der Waals surface area (Å²) in [5, 5.41) is 3.24. The number of halogens is 2. The van der Waals surface area contributed by atoms with Gasteiger partial charge in [0.1, 0.15) is 11.0 Å². The lowest BCUT2D eigenvalue weighted by atomic mass is 10.1. The van der Waals surface area contributed by atoms with Gasteiger partial charge in [-0.2, -0.15) is 0 Å². The van der Waals surface area contributed by atoms with E-state index in [1.165, 1.54) is 19.1 Å². The number of aromatic nitrogens is 1. The van der Waals surface area contributed by atoms with Gasteiger partial charge in [-0.25, -0.2) is 14.2 Å². The van der Waals surface area contributed by atoms with Crippen LogP contribution >= 0.6 is 11.6 Å². The molecule has 5 nitrogen and oxygen atoms in total. The average molecular weight is 387 g/mol. The smallest absolute Gasteiger partial charge is 0.339 e. The lowest BCUT2D eigenvalue weighted by Crippen LogP contribution is -2.30. The number of para-hydroxylation sites is 1. The molecule has 0 aliphatic heterocycles. The van der Waals surface area contributed by atoms with Gasteiger partial charge in [-0.15, -0.1) is 0 Å². The molecule has 0 aliphatic carbocycles. The summed E-state index contributed by atoms with van der Waals surface area (Å²) < 4.78 is 18.8. The molecule has 1 N–H and O–H groups in total. The number of pyridine rings is 1. The highest BCUT2D eigenvalue weighted by molar-refractivity contribution is 6.30. The Hall–Kier alpha value is -2.99. The van der Waals surface area contributed by atoms with Crippen molar-refractivity contribution in [2.24, 2.45) is 0 Å². The number of benzene rings is 2. The van der Waals surface area contributed by atoms with Gasteiger partial charge in [0.05, 0.1) is 11.1 Å². The van der Waals surface area contributed by atoms with Crippen LogP contribution in [-0.2, 0) is 9.53 Å². The standard InChI is InChI=1S/C20H16ClFN2O3/c1-11-7-8-13(9-16(11)22)23-19(25)12(2)27-20(26)15-10-18(21)24-17-6-4-3-5-14(15)17/h3-10,12H,1-2H3,(H,23,25)/t12-/m0/s1. The van der Waals surface area contributed by atoms with Gasteiger partial charge in [0.2, 0.25) is 0 Å². The molecule has 2 aromatic carbocycles. The second kappa shape index (κ2) is 7.72. The van der Waals surface area contributed by atoms with E-state index >= 15 is 0 Å². The molecule has 1 heterocycles. The van der Waals surface area contributed by atoms with Gasteiger partial charge >= 0.3 is 5.97 Å². The molecule has 138 valence electrons. The van der Waals surface area contributed by atoms with Crippen LogP contribution in [0, 0.1) is 12.7 Å². The van der Waals surface area contributed by atoms with Crippen molar-refractivity contribution < 1.29 is 18.7 Å². The van der Waals surface area contributed by atoms with E-state index in [1.807, 2.05) is 0 Å². The summed E-state index contributed by atoms with van der Waals surface area (Å²) in [5.41, 5.74) is 1.51. The summed E-state index contributed by atoms with van der Waals surface area (Å²) in [6.45, 7) is 3.05. The maximum absolute atomic E-state index is 13.6. The highest BCUT2D eigenvalue weighted by Gasteiger charge is 2.21. The van der Waals surface area contributed by atoms with Crippen molar-refractivity contribution in [3.8, 4) is 0 Å². The molecule has 0 bridgehead atoms. The van der Waals surface area contributed by atoms with Gasteiger partial charge in [-0.05, 0) is 43.7 Å². The van der Waals surface area contributed by atoms with Crippen LogP contribution in [0.25, 0.3) is 10.9 Å². The fourth-order valence-electron chi connectivity index (χ4n) is 2.50. The molecule has 0 unspecified atom stereocenters. The molecule has 0 aliphatic rings. The van der Waals surface area contributed by atoms with Gasteiger partial charge in [-0.3, -0.25) is 4.79 Å². The number of fused-ring (bicyclic) bond motifs is 1. The molecule has 7 heteroatoms. The maximum Gasteiger partial charge on any atom is 0.339 e. The number of hydrogen-bond donors (Lipinski definition) is 1. The van der Waals surface area contributed by atoms with Crippen LogP contribution in [0.1, 0.15) is 22.8 Å². The van der Waals surface area contributed by atoms with E-state index in [-0.39, 0.29) is 16.4 Å². The quantitative estimate of drug-likeness (QED) is 0.528. The van der Waals surface area contributed by atoms with Crippen LogP contribution in [0.5, 0.6) is 0 Å². The van der Waals surface area contributed by atoms with Gasteiger partial charge < -0.3 is 10.1 Å². The molecule has 1 aromatic heterocycles. The second-order valence-electron chi connectivity index (χ2n) is 6.01. The van der Waals surface area contributed by atoms with E-state index in [0.717, 1.165) is 0 Å². The van der Waals surface area contributed by atoms with Gasteiger partial charge in [0.15, 0.2) is 6.10 Å². The van der Waals surface area contributed by atoms with Crippen molar-refractivity contribution >= 4 is 40.1 Å². The predicted molar refractivity (Wildman–Crippen MR) is 101 cm³/mol. The second-order valence-corrected chi connectivity index (χ2v) is 6.40. The molecule has 0 fully saturated rings. The first kappa shape index (κ1) is 18.8. The monoisotopic (exact) mass is 386 g/mol. The summed E-state index contributed by atoms with van der Waals surface area (Å²) >= 11 is 5.97. The van der Waals surface area contributed by atoms with Gasteiger partial charge in [0, 0.05) is 11.1 Å². The number of nitrogens with zero attached hydrogens (tertiary/aromatic N) is 1. The highest BCUT2D eigenvalue weighted by Crippen LogP contribution is 2.22. The molecule has 3 rings (SSSR count). The number of ether oxygens (including phenoxy) is 1. The van der Waals surface area contributed by atoms with E-state index < -0.39 is 23.8 Å². The molecule has 3 aromatic rings. The van der Waals surface area contributed by atoms with Crippen LogP contribution < -0.4 is 5.32 Å². The number of aryl methyl sites for hydroxylation is 1. The van der Waals surface area contributed by atoms with Crippen LogP contribution in [0.3, 0.4) is 0 Å². The lowest BCUT2D eigenvalue weighted by Gasteiger charge is -2.15. The zero-order valence-electron chi connectivity index (χ0n) is 14.6. The van der Waals surface area contributed by atoms with Crippen molar-refractivity contribution in [1.82, 2.24) is 4.98 Å². The summed E-state index contributed by atoms with van der Waals surface area (Å²) in [5.74, 6) is -1.71. The van der Waals surface area contributed by atoms with Crippen LogP contribution in [0.15, 0.2) is 48.5 Å². The fraction of sp³-hybridized carbons (Fsp3) is 0.150. The Morgan fingerprint density at radius 3 is 2.67 bits per heavy atom. The Morgan fingerprint density at radius 1 is 1.19 bits per heavy atom. The summed E-state index contributed by atoms with van der Waals surface area (Å²) in [6.07, 6.45) is -1.09. The maximum atomic E-state index is 13.6. The predicted octanol–water partition coefficient (Wildman–Crippen LogP) is 4.52. The number of carbonyl (C=O) groups excluding carboxylic acids is 2. The van der Waals surface area contributed by atoms with Crippen molar-refractivity contribution in [3.63, 3.8) is 0 Å². The Morgan fingerprint density at radius 2 is 1.93 bits per heavy atom. The largest absolute Gasteiger partial charge is 0.449 e.